The van der Waals surface area contributed by atoms with Crippen molar-refractivity contribution in [1.82, 2.24) is 19.6 Å². The van der Waals surface area contributed by atoms with Gasteiger partial charge in [0.25, 0.3) is 0 Å². The van der Waals surface area contributed by atoms with Gasteiger partial charge in [-0.15, -0.1) is 0 Å². The Morgan fingerprint density at radius 2 is 1.97 bits per heavy atom. The lowest BCUT2D eigenvalue weighted by Crippen LogP contribution is -2.17. The highest BCUT2D eigenvalue weighted by molar-refractivity contribution is 9.10. The summed E-state index contributed by atoms with van der Waals surface area (Å²) in [4.78, 5) is 25.8. The predicted octanol–water partition coefficient (Wildman–Crippen LogP) is 4.11. The van der Waals surface area contributed by atoms with E-state index in [4.69, 9.17) is 4.42 Å². The molecule has 8 heteroatoms. The smallest absolute Gasteiger partial charge is 0.200 e. The van der Waals surface area contributed by atoms with Crippen molar-refractivity contribution in [2.75, 3.05) is 5.43 Å². The fourth-order valence-corrected chi connectivity index (χ4v) is 3.64. The molecule has 0 aliphatic heterocycles. The molecule has 3 heterocycles. The minimum Gasteiger partial charge on any atom is -0.458 e. The lowest BCUT2D eigenvalue weighted by molar-refractivity contribution is 0.539. The molecule has 142 valence electrons. The van der Waals surface area contributed by atoms with Crippen LogP contribution in [-0.4, -0.2) is 19.6 Å². The molecule has 29 heavy (non-hydrogen) atoms. The Balaban J connectivity index is 1.64. The van der Waals surface area contributed by atoms with Crippen molar-refractivity contribution in [3.63, 3.8) is 0 Å². The Labute approximate surface area is 173 Å². The van der Waals surface area contributed by atoms with E-state index in [1.54, 1.807) is 29.3 Å². The molecule has 0 bridgehead atoms. The summed E-state index contributed by atoms with van der Waals surface area (Å²) in [6, 6.07) is 14.9. The molecule has 5 rings (SSSR count). The molecule has 0 spiro atoms. The van der Waals surface area contributed by atoms with Gasteiger partial charge >= 0.3 is 0 Å². The fourth-order valence-electron chi connectivity index (χ4n) is 3.27. The van der Waals surface area contributed by atoms with E-state index in [1.165, 1.54) is 6.33 Å². The Kier molecular flexibility index (Phi) is 4.33. The highest BCUT2D eigenvalue weighted by Crippen LogP contribution is 2.26. The van der Waals surface area contributed by atoms with Gasteiger partial charge in [-0.25, -0.2) is 19.6 Å². The van der Waals surface area contributed by atoms with Crippen LogP contribution < -0.4 is 10.9 Å². The first kappa shape index (κ1) is 17.6. The summed E-state index contributed by atoms with van der Waals surface area (Å²) >= 11 is 3.43. The highest BCUT2D eigenvalue weighted by Gasteiger charge is 2.17. The molecule has 0 saturated heterocycles. The molecule has 0 aliphatic carbocycles. The van der Waals surface area contributed by atoms with Gasteiger partial charge in [-0.2, -0.15) is 0 Å². The van der Waals surface area contributed by atoms with Gasteiger partial charge < -0.3 is 9.84 Å². The second kappa shape index (κ2) is 7.14. The minimum absolute atomic E-state index is 0.0756. The predicted molar refractivity (Wildman–Crippen MR) is 114 cm³/mol. The average molecular weight is 448 g/mol. The van der Waals surface area contributed by atoms with Crippen LogP contribution in [0.15, 0.2) is 81.1 Å². The van der Waals surface area contributed by atoms with Crippen molar-refractivity contribution in [3.8, 4) is 11.1 Å². The minimum atomic E-state index is -0.0756. The third-order valence-corrected chi connectivity index (χ3v) is 5.10. The zero-order chi connectivity index (χ0) is 19.8. The highest BCUT2D eigenvalue weighted by atomic mass is 79.9. The maximum Gasteiger partial charge on any atom is 0.200 e. The SMILES string of the molecule is O=c1c(-c2ccccc2)c(CNn2cnc3cncnc32)oc2ccc(Br)cc12. The third kappa shape index (κ3) is 3.17. The second-order valence-corrected chi connectivity index (χ2v) is 7.33. The second-order valence-electron chi connectivity index (χ2n) is 6.42. The maximum absolute atomic E-state index is 13.3. The van der Waals surface area contributed by atoms with Crippen LogP contribution in [0, 0.1) is 0 Å². The van der Waals surface area contributed by atoms with Crippen LogP contribution in [0.25, 0.3) is 33.3 Å². The summed E-state index contributed by atoms with van der Waals surface area (Å²) < 4.78 is 8.66. The molecule has 7 nitrogen and oxygen atoms in total. The summed E-state index contributed by atoms with van der Waals surface area (Å²) in [5.41, 5.74) is 6.33. The average Bonchev–Trinajstić information content (AvgIpc) is 3.17. The van der Waals surface area contributed by atoms with Crippen molar-refractivity contribution in [1.29, 1.82) is 0 Å². The third-order valence-electron chi connectivity index (χ3n) is 4.61. The number of fused-ring (bicyclic) bond motifs is 2. The van der Waals surface area contributed by atoms with E-state index >= 15 is 0 Å². The topological polar surface area (TPSA) is 85.8 Å². The van der Waals surface area contributed by atoms with Crippen LogP contribution in [0.4, 0.5) is 0 Å². The van der Waals surface area contributed by atoms with Crippen molar-refractivity contribution in [2.45, 2.75) is 6.54 Å². The summed E-state index contributed by atoms with van der Waals surface area (Å²) in [5, 5.41) is 0.530. The van der Waals surface area contributed by atoms with Crippen LogP contribution in [0.1, 0.15) is 5.76 Å². The van der Waals surface area contributed by atoms with Crippen molar-refractivity contribution >= 4 is 38.1 Å². The lowest BCUT2D eigenvalue weighted by Gasteiger charge is -2.12. The Morgan fingerprint density at radius 3 is 2.83 bits per heavy atom. The first-order valence-electron chi connectivity index (χ1n) is 8.88. The van der Waals surface area contributed by atoms with Gasteiger partial charge in [0.05, 0.1) is 23.7 Å². The van der Waals surface area contributed by atoms with E-state index in [9.17, 15) is 4.79 Å². The summed E-state index contributed by atoms with van der Waals surface area (Å²) in [5.74, 6) is 0.534. The normalized spacial score (nSPS) is 11.2. The molecule has 0 aliphatic rings. The lowest BCUT2D eigenvalue weighted by atomic mass is 10.0. The van der Waals surface area contributed by atoms with Gasteiger partial charge in [-0.3, -0.25) is 4.79 Å². The van der Waals surface area contributed by atoms with E-state index in [2.05, 4.69) is 36.3 Å². The van der Waals surface area contributed by atoms with Gasteiger partial charge in [0.1, 0.15) is 29.5 Å². The zero-order valence-electron chi connectivity index (χ0n) is 15.0. The molecule has 5 aromatic rings. The molecule has 3 aromatic heterocycles. The van der Waals surface area contributed by atoms with E-state index in [0.717, 1.165) is 10.0 Å². The molecule has 1 N–H and O–H groups in total. The molecular formula is C21H14BrN5O2. The molecular weight excluding hydrogens is 434 g/mol. The number of aromatic nitrogens is 4. The van der Waals surface area contributed by atoms with Crippen LogP contribution in [0.2, 0.25) is 0 Å². The molecule has 0 amide bonds. The van der Waals surface area contributed by atoms with Gasteiger partial charge in [0.15, 0.2) is 5.65 Å². The molecule has 0 unspecified atom stereocenters. The van der Waals surface area contributed by atoms with E-state index in [1.807, 2.05) is 36.4 Å². The largest absolute Gasteiger partial charge is 0.458 e. The van der Waals surface area contributed by atoms with Crippen LogP contribution in [0.3, 0.4) is 0 Å². The first-order valence-corrected chi connectivity index (χ1v) is 9.67. The Morgan fingerprint density at radius 1 is 1.10 bits per heavy atom. The van der Waals surface area contributed by atoms with Gasteiger partial charge in [0, 0.05) is 4.47 Å². The molecule has 0 radical (unpaired) electrons. The molecule has 0 saturated carbocycles. The number of imidazole rings is 1. The summed E-state index contributed by atoms with van der Waals surface area (Å²) in [6.45, 7) is 0.279. The van der Waals surface area contributed by atoms with Gasteiger partial charge in [0.2, 0.25) is 5.43 Å². The standard InChI is InChI=1S/C21H14BrN5O2/c22-14-6-7-17-15(8-14)20(28)19(13-4-2-1-3-5-13)18(29-17)10-26-27-12-25-16-9-23-11-24-21(16)27/h1-9,11-12,26H,10H2. The number of rotatable bonds is 4. The fraction of sp³-hybridized carbons (Fsp3) is 0.0476. The van der Waals surface area contributed by atoms with E-state index in [-0.39, 0.29) is 12.0 Å². The van der Waals surface area contributed by atoms with Crippen LogP contribution in [0.5, 0.6) is 0 Å². The monoisotopic (exact) mass is 447 g/mol. The first-order chi connectivity index (χ1) is 14.2. The van der Waals surface area contributed by atoms with E-state index in [0.29, 0.717) is 33.5 Å². The quantitative estimate of drug-likeness (QED) is 0.446. The van der Waals surface area contributed by atoms with Crippen molar-refractivity contribution in [2.24, 2.45) is 0 Å². The number of hydrogen-bond donors (Lipinski definition) is 1. The van der Waals surface area contributed by atoms with Gasteiger partial charge in [-0.1, -0.05) is 46.3 Å². The van der Waals surface area contributed by atoms with Crippen LogP contribution >= 0.6 is 15.9 Å². The van der Waals surface area contributed by atoms with Crippen molar-refractivity contribution < 1.29 is 4.42 Å². The molecule has 0 fully saturated rings. The molecule has 2 aromatic carbocycles. The Hall–Kier alpha value is -3.52. The summed E-state index contributed by atoms with van der Waals surface area (Å²) in [6.07, 6.45) is 4.73. The summed E-state index contributed by atoms with van der Waals surface area (Å²) in [7, 11) is 0. The van der Waals surface area contributed by atoms with Crippen molar-refractivity contribution in [3.05, 3.63) is 87.8 Å². The number of benzene rings is 2. The zero-order valence-corrected chi connectivity index (χ0v) is 16.6. The number of nitrogens with one attached hydrogen (secondary N) is 1. The van der Waals surface area contributed by atoms with Gasteiger partial charge in [-0.05, 0) is 23.8 Å². The number of nitrogens with zero attached hydrogens (tertiary/aromatic N) is 4. The van der Waals surface area contributed by atoms with Crippen LogP contribution in [-0.2, 0) is 6.54 Å². The maximum atomic E-state index is 13.3. The number of halogens is 1. The van der Waals surface area contributed by atoms with E-state index < -0.39 is 0 Å². The Bertz CT molecular complexity index is 1400. The number of hydrogen-bond acceptors (Lipinski definition) is 6. The molecule has 0 atom stereocenters.